The fraction of sp³-hybridized carbons (Fsp3) is 0.500. The van der Waals surface area contributed by atoms with Crippen LogP contribution in [-0.2, 0) is 26.2 Å². The first-order valence-corrected chi connectivity index (χ1v) is 14.8. The molecule has 0 aliphatic heterocycles. The molecule has 1 atom stereocenters. The highest BCUT2D eigenvalue weighted by Crippen LogP contribution is 2.30. The Hall–Kier alpha value is -3.07. The van der Waals surface area contributed by atoms with Gasteiger partial charge in [-0.15, -0.1) is 0 Å². The summed E-state index contributed by atoms with van der Waals surface area (Å²) in [4.78, 5) is 27.8. The third-order valence-electron chi connectivity index (χ3n) is 6.18. The monoisotopic (exact) mass is 531 g/mol. The van der Waals surface area contributed by atoms with Gasteiger partial charge in [-0.25, -0.2) is 8.42 Å². The molecule has 0 radical (unpaired) electrons. The molecule has 204 valence electrons. The molecule has 0 aromatic heterocycles. The number of unbranched alkanes of at least 4 members (excludes halogenated alkanes) is 1. The molecule has 1 N–H and O–H groups in total. The smallest absolute Gasteiger partial charge is 0.242 e. The first kappa shape index (κ1) is 30.2. The summed E-state index contributed by atoms with van der Waals surface area (Å²) in [6.07, 6.45) is 3.37. The highest BCUT2D eigenvalue weighted by atomic mass is 32.2. The molecule has 0 saturated carbocycles. The number of hydrogen-bond acceptors (Lipinski definition) is 5. The molecule has 2 aromatic rings. The summed E-state index contributed by atoms with van der Waals surface area (Å²) in [6.45, 7) is 8.98. The Kier molecular flexibility index (Phi) is 11.9. The summed E-state index contributed by atoms with van der Waals surface area (Å²) in [5, 5.41) is 2.92. The van der Waals surface area contributed by atoms with Crippen LogP contribution in [-0.4, -0.2) is 57.1 Å². The number of aryl methyl sites for hydroxylation is 1. The maximum absolute atomic E-state index is 13.4. The first-order valence-electron chi connectivity index (χ1n) is 12.9. The number of nitrogens with zero attached hydrogens (tertiary/aromatic N) is 2. The van der Waals surface area contributed by atoms with E-state index < -0.39 is 16.1 Å². The average molecular weight is 532 g/mol. The number of carbonyl (C=O) groups is 2. The van der Waals surface area contributed by atoms with Crippen LogP contribution in [0.3, 0.4) is 0 Å². The molecule has 9 heteroatoms. The fourth-order valence-electron chi connectivity index (χ4n) is 4.01. The van der Waals surface area contributed by atoms with Crippen molar-refractivity contribution in [1.82, 2.24) is 10.2 Å². The van der Waals surface area contributed by atoms with E-state index >= 15 is 0 Å². The van der Waals surface area contributed by atoms with Crippen molar-refractivity contribution in [3.63, 3.8) is 0 Å². The summed E-state index contributed by atoms with van der Waals surface area (Å²) < 4.78 is 32.1. The minimum atomic E-state index is -3.61. The predicted molar refractivity (Wildman–Crippen MR) is 148 cm³/mol. The van der Waals surface area contributed by atoms with E-state index in [-0.39, 0.29) is 24.8 Å². The maximum Gasteiger partial charge on any atom is 0.242 e. The Balaban J connectivity index is 2.19. The van der Waals surface area contributed by atoms with Crippen molar-refractivity contribution >= 4 is 27.5 Å². The van der Waals surface area contributed by atoms with Crippen molar-refractivity contribution in [2.24, 2.45) is 0 Å². The maximum atomic E-state index is 13.4. The van der Waals surface area contributed by atoms with E-state index in [2.05, 4.69) is 12.2 Å². The summed E-state index contributed by atoms with van der Waals surface area (Å²) in [5.41, 5.74) is 2.45. The molecule has 2 rings (SSSR count). The van der Waals surface area contributed by atoms with Gasteiger partial charge in [0.1, 0.15) is 11.8 Å². The first-order chi connectivity index (χ1) is 17.6. The van der Waals surface area contributed by atoms with Gasteiger partial charge in [-0.1, -0.05) is 49.7 Å². The van der Waals surface area contributed by atoms with E-state index in [0.29, 0.717) is 37.6 Å². The number of sulfonamides is 1. The Morgan fingerprint density at radius 3 is 2.35 bits per heavy atom. The average Bonchev–Trinajstić information content (AvgIpc) is 2.85. The lowest BCUT2D eigenvalue weighted by molar-refractivity contribution is -0.140. The van der Waals surface area contributed by atoms with Crippen LogP contribution >= 0.6 is 0 Å². The van der Waals surface area contributed by atoms with Crippen molar-refractivity contribution in [3.8, 4) is 5.75 Å². The zero-order valence-electron chi connectivity index (χ0n) is 22.7. The van der Waals surface area contributed by atoms with Crippen molar-refractivity contribution < 1.29 is 22.7 Å². The van der Waals surface area contributed by atoms with Crippen molar-refractivity contribution in [2.45, 2.75) is 66.0 Å². The zero-order valence-corrected chi connectivity index (χ0v) is 23.5. The molecule has 2 aromatic carbocycles. The third kappa shape index (κ3) is 9.07. The molecule has 0 aliphatic rings. The van der Waals surface area contributed by atoms with Crippen LogP contribution in [0.25, 0.3) is 0 Å². The number of hydrogen-bond donors (Lipinski definition) is 1. The van der Waals surface area contributed by atoms with Gasteiger partial charge in [0, 0.05) is 26.1 Å². The lowest BCUT2D eigenvalue weighted by atomic mass is 10.1. The number of benzene rings is 2. The molecule has 1 unspecified atom stereocenters. The lowest BCUT2D eigenvalue weighted by Gasteiger charge is -2.30. The van der Waals surface area contributed by atoms with E-state index in [4.69, 9.17) is 4.74 Å². The topological polar surface area (TPSA) is 96.0 Å². The van der Waals surface area contributed by atoms with Gasteiger partial charge in [0.05, 0.1) is 18.6 Å². The Morgan fingerprint density at radius 1 is 1.03 bits per heavy atom. The van der Waals surface area contributed by atoms with Gasteiger partial charge in [0.25, 0.3) is 0 Å². The van der Waals surface area contributed by atoms with E-state index in [1.54, 1.807) is 36.1 Å². The van der Waals surface area contributed by atoms with Crippen LogP contribution in [0.4, 0.5) is 5.69 Å². The second kappa shape index (κ2) is 14.6. The molecule has 37 heavy (non-hydrogen) atoms. The Morgan fingerprint density at radius 2 is 1.70 bits per heavy atom. The molecule has 0 heterocycles. The van der Waals surface area contributed by atoms with Gasteiger partial charge < -0.3 is 15.0 Å². The Labute approximate surface area is 222 Å². The summed E-state index contributed by atoms with van der Waals surface area (Å²) in [5.74, 6) is 0.0760. The largest absolute Gasteiger partial charge is 0.492 e. The number of para-hydroxylation sites is 2. The molecule has 0 bridgehead atoms. The summed E-state index contributed by atoms with van der Waals surface area (Å²) in [6, 6.07) is 14.1. The SMILES string of the molecule is CCCCNC(=O)C(C)N(Cc1ccccc1C)C(=O)CCCN(c1ccccc1OCC)S(C)(=O)=O. The summed E-state index contributed by atoms with van der Waals surface area (Å²) >= 11 is 0. The van der Waals surface area contributed by atoms with Crippen LogP contribution in [0.15, 0.2) is 48.5 Å². The van der Waals surface area contributed by atoms with Gasteiger partial charge in [0.15, 0.2) is 0 Å². The van der Waals surface area contributed by atoms with Crippen LogP contribution in [0.5, 0.6) is 5.75 Å². The van der Waals surface area contributed by atoms with Crippen molar-refractivity contribution in [3.05, 3.63) is 59.7 Å². The number of rotatable bonds is 15. The second-order valence-corrected chi connectivity index (χ2v) is 11.0. The van der Waals surface area contributed by atoms with Gasteiger partial charge in [-0.05, 0) is 56.9 Å². The molecular weight excluding hydrogens is 490 g/mol. The van der Waals surface area contributed by atoms with E-state index in [0.717, 1.165) is 30.2 Å². The molecule has 0 aliphatic carbocycles. The molecular formula is C28H41N3O5S. The van der Waals surface area contributed by atoms with Crippen LogP contribution in [0, 0.1) is 6.92 Å². The van der Waals surface area contributed by atoms with Crippen molar-refractivity contribution in [1.29, 1.82) is 0 Å². The number of anilines is 1. The van der Waals surface area contributed by atoms with Gasteiger partial charge >= 0.3 is 0 Å². The second-order valence-electron chi connectivity index (χ2n) is 9.11. The lowest BCUT2D eigenvalue weighted by Crippen LogP contribution is -2.48. The standard InChI is InChI=1S/C28H41N3O5S/c1-6-8-19-29-28(33)23(4)30(21-24-15-10-9-14-22(24)3)27(32)18-13-20-31(37(5,34)35)25-16-11-12-17-26(25)36-7-2/h9-12,14-17,23H,6-8,13,18-21H2,1-5H3,(H,29,33). The number of carbonyl (C=O) groups excluding carboxylic acids is 2. The molecule has 0 spiro atoms. The summed E-state index contributed by atoms with van der Waals surface area (Å²) in [7, 11) is -3.61. The predicted octanol–water partition coefficient (Wildman–Crippen LogP) is 4.27. The number of nitrogens with one attached hydrogen (secondary N) is 1. The molecule has 2 amide bonds. The van der Waals surface area contributed by atoms with Crippen LogP contribution < -0.4 is 14.4 Å². The minimum Gasteiger partial charge on any atom is -0.492 e. The van der Waals surface area contributed by atoms with Gasteiger partial charge in [0.2, 0.25) is 21.8 Å². The minimum absolute atomic E-state index is 0.0985. The number of amides is 2. The number of ether oxygens (including phenoxy) is 1. The van der Waals surface area contributed by atoms with E-state index in [9.17, 15) is 18.0 Å². The van der Waals surface area contributed by atoms with E-state index in [1.807, 2.05) is 38.1 Å². The highest BCUT2D eigenvalue weighted by Gasteiger charge is 2.27. The molecule has 0 fully saturated rings. The quantitative estimate of drug-likeness (QED) is 0.346. The Bertz CT molecular complexity index is 1140. The van der Waals surface area contributed by atoms with E-state index in [1.165, 1.54) is 4.31 Å². The highest BCUT2D eigenvalue weighted by molar-refractivity contribution is 7.92. The molecule has 0 saturated heterocycles. The zero-order chi connectivity index (χ0) is 27.4. The molecule has 8 nitrogen and oxygen atoms in total. The van der Waals surface area contributed by atoms with Gasteiger partial charge in [-0.3, -0.25) is 13.9 Å². The third-order valence-corrected chi connectivity index (χ3v) is 7.36. The van der Waals surface area contributed by atoms with Crippen LogP contribution in [0.2, 0.25) is 0 Å². The van der Waals surface area contributed by atoms with Crippen LogP contribution in [0.1, 0.15) is 57.6 Å². The normalized spacial score (nSPS) is 12.0. The van der Waals surface area contributed by atoms with Gasteiger partial charge in [-0.2, -0.15) is 0 Å². The fourth-order valence-corrected chi connectivity index (χ4v) is 4.98. The van der Waals surface area contributed by atoms with Crippen molar-refractivity contribution in [2.75, 3.05) is 30.3 Å².